The average Bonchev–Trinajstić information content (AvgIpc) is 2.42. The number of rotatable bonds is 3. The first-order valence-corrected chi connectivity index (χ1v) is 6.91. The van der Waals surface area contributed by atoms with Gasteiger partial charge in [0.15, 0.2) is 0 Å². The summed E-state index contributed by atoms with van der Waals surface area (Å²) >= 11 is 0. The molecule has 1 unspecified atom stereocenters. The second kappa shape index (κ2) is 7.39. The quantitative estimate of drug-likeness (QED) is 0.855. The number of benzene rings is 1. The molecule has 108 valence electrons. The molecule has 1 fully saturated rings. The molecule has 20 heavy (non-hydrogen) atoms. The first kappa shape index (κ1) is 15.0. The summed E-state index contributed by atoms with van der Waals surface area (Å²) in [5, 5.41) is 8.69. The monoisotopic (exact) mass is 277 g/mol. The van der Waals surface area contributed by atoms with E-state index in [1.54, 1.807) is 12.1 Å². The van der Waals surface area contributed by atoms with Gasteiger partial charge < -0.3 is 9.84 Å². The van der Waals surface area contributed by atoms with E-state index in [1.165, 1.54) is 6.07 Å². The maximum atomic E-state index is 13.6. The lowest BCUT2D eigenvalue weighted by Gasteiger charge is -2.31. The topological polar surface area (TPSA) is 32.7 Å². The van der Waals surface area contributed by atoms with Gasteiger partial charge in [-0.25, -0.2) is 4.39 Å². The summed E-state index contributed by atoms with van der Waals surface area (Å²) in [6.07, 6.45) is 0.609. The fraction of sp³-hybridized carbons (Fsp3) is 0.500. The van der Waals surface area contributed by atoms with Crippen molar-refractivity contribution in [2.45, 2.75) is 26.0 Å². The average molecular weight is 277 g/mol. The number of hydrogen-bond acceptors (Lipinski definition) is 3. The Morgan fingerprint density at radius 3 is 3.10 bits per heavy atom. The van der Waals surface area contributed by atoms with Gasteiger partial charge in [-0.1, -0.05) is 17.9 Å². The zero-order valence-electron chi connectivity index (χ0n) is 11.7. The van der Waals surface area contributed by atoms with Crippen molar-refractivity contribution in [1.82, 2.24) is 4.90 Å². The lowest BCUT2D eigenvalue weighted by atomic mass is 10.1. The molecule has 0 amide bonds. The molecule has 0 aliphatic carbocycles. The summed E-state index contributed by atoms with van der Waals surface area (Å²) in [7, 11) is 0. The highest BCUT2D eigenvalue weighted by Gasteiger charge is 2.16. The molecular formula is C16H20FNO2. The third kappa shape index (κ3) is 4.31. The Kier molecular flexibility index (Phi) is 5.54. The maximum Gasteiger partial charge on any atom is 0.138 e. The molecule has 1 atom stereocenters. The summed E-state index contributed by atoms with van der Waals surface area (Å²) in [5.41, 5.74) is 1.45. The van der Waals surface area contributed by atoms with Gasteiger partial charge in [-0.2, -0.15) is 0 Å². The minimum Gasteiger partial charge on any atom is -0.395 e. The third-order valence-corrected chi connectivity index (χ3v) is 3.22. The van der Waals surface area contributed by atoms with E-state index in [1.807, 2.05) is 0 Å². The Labute approximate surface area is 119 Å². The van der Waals surface area contributed by atoms with E-state index in [0.717, 1.165) is 31.8 Å². The molecule has 4 heteroatoms. The van der Waals surface area contributed by atoms with E-state index in [0.29, 0.717) is 12.0 Å². The maximum absolute atomic E-state index is 13.6. The number of nitrogens with zero attached hydrogens (tertiary/aromatic N) is 1. The van der Waals surface area contributed by atoms with Crippen LogP contribution in [0.1, 0.15) is 24.5 Å². The van der Waals surface area contributed by atoms with Crippen LogP contribution in [0.2, 0.25) is 0 Å². The van der Waals surface area contributed by atoms with Crippen LogP contribution < -0.4 is 0 Å². The van der Waals surface area contributed by atoms with Crippen molar-refractivity contribution in [2.24, 2.45) is 0 Å². The van der Waals surface area contributed by atoms with Gasteiger partial charge >= 0.3 is 0 Å². The van der Waals surface area contributed by atoms with Gasteiger partial charge in [0.2, 0.25) is 0 Å². The Morgan fingerprint density at radius 1 is 1.50 bits per heavy atom. The van der Waals surface area contributed by atoms with Crippen LogP contribution in [0.3, 0.4) is 0 Å². The van der Waals surface area contributed by atoms with E-state index < -0.39 is 0 Å². The molecule has 3 nitrogen and oxygen atoms in total. The number of aliphatic hydroxyl groups excluding tert-OH is 1. The fourth-order valence-electron chi connectivity index (χ4n) is 2.27. The SMILES string of the molecule is CC1CN(Cc2ccc(F)c(C#CCCO)c2)CCO1. The van der Waals surface area contributed by atoms with E-state index in [-0.39, 0.29) is 18.5 Å². The van der Waals surface area contributed by atoms with Crippen molar-refractivity contribution in [2.75, 3.05) is 26.3 Å². The minimum atomic E-state index is -0.311. The van der Waals surface area contributed by atoms with E-state index in [4.69, 9.17) is 9.84 Å². The van der Waals surface area contributed by atoms with E-state index in [2.05, 4.69) is 23.7 Å². The van der Waals surface area contributed by atoms with Crippen LogP contribution in [-0.4, -0.2) is 42.4 Å². The molecular weight excluding hydrogens is 257 g/mol. The Hall–Kier alpha value is -1.41. The molecule has 1 aromatic rings. The third-order valence-electron chi connectivity index (χ3n) is 3.22. The molecule has 2 rings (SSSR count). The summed E-state index contributed by atoms with van der Waals surface area (Å²) in [4.78, 5) is 2.30. The molecule has 1 N–H and O–H groups in total. The molecule has 1 heterocycles. The fourth-order valence-corrected chi connectivity index (χ4v) is 2.27. The van der Waals surface area contributed by atoms with Crippen LogP contribution in [0.5, 0.6) is 0 Å². The van der Waals surface area contributed by atoms with Crippen LogP contribution >= 0.6 is 0 Å². The van der Waals surface area contributed by atoms with Crippen molar-refractivity contribution in [3.8, 4) is 11.8 Å². The summed E-state index contributed by atoms with van der Waals surface area (Å²) in [6, 6.07) is 5.05. The predicted octanol–water partition coefficient (Wildman–Crippen LogP) is 1.78. The Bertz CT molecular complexity index is 507. The van der Waals surface area contributed by atoms with Gasteiger partial charge in [-0.05, 0) is 24.6 Å². The summed E-state index contributed by atoms with van der Waals surface area (Å²) in [6.45, 7) is 5.37. The van der Waals surface area contributed by atoms with Gasteiger partial charge in [0.05, 0.1) is 24.9 Å². The van der Waals surface area contributed by atoms with Crippen molar-refractivity contribution in [1.29, 1.82) is 0 Å². The highest BCUT2D eigenvalue weighted by Crippen LogP contribution is 2.14. The van der Waals surface area contributed by atoms with Gasteiger partial charge in [0, 0.05) is 26.1 Å². The molecule has 0 spiro atoms. The van der Waals surface area contributed by atoms with Crippen LogP contribution in [0.15, 0.2) is 18.2 Å². The molecule has 1 saturated heterocycles. The highest BCUT2D eigenvalue weighted by atomic mass is 19.1. The van der Waals surface area contributed by atoms with Crippen LogP contribution in [0.25, 0.3) is 0 Å². The van der Waals surface area contributed by atoms with E-state index in [9.17, 15) is 4.39 Å². The van der Waals surface area contributed by atoms with Crippen LogP contribution in [-0.2, 0) is 11.3 Å². The van der Waals surface area contributed by atoms with Crippen LogP contribution in [0.4, 0.5) is 4.39 Å². The lowest BCUT2D eigenvalue weighted by molar-refractivity contribution is -0.0212. The second-order valence-electron chi connectivity index (χ2n) is 5.01. The summed E-state index contributed by atoms with van der Waals surface area (Å²) in [5.74, 6) is 5.22. The number of halogens is 1. The van der Waals surface area contributed by atoms with Crippen LogP contribution in [0, 0.1) is 17.7 Å². The summed E-state index contributed by atoms with van der Waals surface area (Å²) < 4.78 is 19.1. The normalized spacial score (nSPS) is 19.4. The van der Waals surface area contributed by atoms with Crippen molar-refractivity contribution in [3.05, 3.63) is 35.1 Å². The molecule has 0 saturated carbocycles. The Morgan fingerprint density at radius 2 is 2.35 bits per heavy atom. The molecule has 0 aromatic heterocycles. The number of hydrogen-bond donors (Lipinski definition) is 1. The van der Waals surface area contributed by atoms with Gasteiger partial charge in [0.1, 0.15) is 5.82 Å². The minimum absolute atomic E-state index is 0.0000238. The number of morpholine rings is 1. The van der Waals surface area contributed by atoms with Crippen molar-refractivity contribution >= 4 is 0 Å². The largest absolute Gasteiger partial charge is 0.395 e. The standard InChI is InChI=1S/C16H20FNO2/c1-13-11-18(7-9-20-13)12-14-5-6-16(17)15(10-14)4-2-3-8-19/h5-6,10,13,19H,3,7-9,11-12H2,1H3. The van der Waals surface area contributed by atoms with Crippen molar-refractivity contribution in [3.63, 3.8) is 0 Å². The van der Waals surface area contributed by atoms with Gasteiger partial charge in [-0.15, -0.1) is 0 Å². The second-order valence-corrected chi connectivity index (χ2v) is 5.01. The molecule has 1 aliphatic rings. The van der Waals surface area contributed by atoms with E-state index >= 15 is 0 Å². The number of aliphatic hydroxyl groups is 1. The highest BCUT2D eigenvalue weighted by molar-refractivity contribution is 5.38. The smallest absolute Gasteiger partial charge is 0.138 e. The first-order valence-electron chi connectivity index (χ1n) is 6.91. The zero-order valence-corrected chi connectivity index (χ0v) is 11.7. The molecule has 0 radical (unpaired) electrons. The van der Waals surface area contributed by atoms with Gasteiger partial charge in [0.25, 0.3) is 0 Å². The zero-order chi connectivity index (χ0) is 14.4. The first-order chi connectivity index (χ1) is 9.69. The van der Waals surface area contributed by atoms with Crippen molar-refractivity contribution < 1.29 is 14.2 Å². The molecule has 0 bridgehead atoms. The molecule has 1 aliphatic heterocycles. The Balaban J connectivity index is 2.05. The predicted molar refractivity (Wildman–Crippen MR) is 75.7 cm³/mol. The number of ether oxygens (including phenoxy) is 1. The molecule has 1 aromatic carbocycles. The lowest BCUT2D eigenvalue weighted by Crippen LogP contribution is -2.40. The van der Waals surface area contributed by atoms with Gasteiger partial charge in [-0.3, -0.25) is 4.90 Å².